The number of likely N-dealkylation sites (tertiary alicyclic amines) is 1. The minimum absolute atomic E-state index is 0. The molecule has 0 spiro atoms. The van der Waals surface area contributed by atoms with Crippen LogP contribution in [0.4, 0.5) is 0 Å². The highest BCUT2D eigenvalue weighted by molar-refractivity contribution is 14.0. The van der Waals surface area contributed by atoms with E-state index in [0.717, 1.165) is 31.2 Å². The van der Waals surface area contributed by atoms with Crippen molar-refractivity contribution >= 4 is 29.9 Å². The fraction of sp³-hybridized carbons (Fsp3) is 0.650. The van der Waals surface area contributed by atoms with Gasteiger partial charge in [-0.3, -0.25) is 4.99 Å². The largest absolute Gasteiger partial charge is 0.493 e. The summed E-state index contributed by atoms with van der Waals surface area (Å²) < 4.78 is 16.2. The number of guanidine groups is 1. The molecule has 0 bridgehead atoms. The van der Waals surface area contributed by atoms with E-state index in [1.807, 2.05) is 12.1 Å². The number of hydrogen-bond donors (Lipinski definition) is 2. The molecule has 2 N–H and O–H groups in total. The third-order valence-electron chi connectivity index (χ3n) is 5.02. The molecule has 8 heteroatoms. The Bertz CT molecular complexity index is 602. The molecule has 1 saturated heterocycles. The van der Waals surface area contributed by atoms with Crippen LogP contribution >= 0.6 is 24.0 Å². The Morgan fingerprint density at radius 2 is 1.82 bits per heavy atom. The summed E-state index contributed by atoms with van der Waals surface area (Å²) in [5.41, 5.74) is 1.03. The van der Waals surface area contributed by atoms with E-state index in [2.05, 4.69) is 27.4 Å². The molecular formula is C20H35IN4O3. The van der Waals surface area contributed by atoms with Gasteiger partial charge >= 0.3 is 0 Å². The summed E-state index contributed by atoms with van der Waals surface area (Å²) >= 11 is 0. The van der Waals surface area contributed by atoms with Gasteiger partial charge in [0.2, 0.25) is 5.75 Å². The lowest BCUT2D eigenvalue weighted by atomic mass is 9.98. The lowest BCUT2D eigenvalue weighted by Crippen LogP contribution is -2.44. The number of halogens is 1. The molecule has 0 saturated carbocycles. The standard InChI is InChI=1S/C20H34N4O3.HI/c1-6-24-9-7-8-15(14-24)12-22-20(21-2)23-13-16-10-17(25-3)19(27-5)18(11-16)26-4;/h10-11,15H,6-9,12-14H2,1-5H3,(H2,21,22,23);1H. The molecule has 1 aliphatic heterocycles. The Hall–Kier alpha value is -1.42. The first kappa shape index (κ1) is 24.6. The predicted octanol–water partition coefficient (Wildman–Crippen LogP) is 2.73. The van der Waals surface area contributed by atoms with Crippen molar-refractivity contribution in [2.45, 2.75) is 26.3 Å². The molecule has 0 radical (unpaired) electrons. The molecule has 0 amide bonds. The quantitative estimate of drug-likeness (QED) is 0.321. The maximum absolute atomic E-state index is 5.42. The number of piperidine rings is 1. The molecule has 7 nitrogen and oxygen atoms in total. The number of rotatable bonds is 8. The van der Waals surface area contributed by atoms with Crippen molar-refractivity contribution in [1.82, 2.24) is 15.5 Å². The van der Waals surface area contributed by atoms with Crippen molar-refractivity contribution in [3.8, 4) is 17.2 Å². The summed E-state index contributed by atoms with van der Waals surface area (Å²) in [6.07, 6.45) is 2.55. The van der Waals surface area contributed by atoms with Gasteiger partial charge < -0.3 is 29.7 Å². The van der Waals surface area contributed by atoms with Crippen LogP contribution in [0.15, 0.2) is 17.1 Å². The monoisotopic (exact) mass is 506 g/mol. The topological polar surface area (TPSA) is 67.4 Å². The fourth-order valence-corrected chi connectivity index (χ4v) is 3.49. The number of nitrogens with one attached hydrogen (secondary N) is 2. The highest BCUT2D eigenvalue weighted by atomic mass is 127. The van der Waals surface area contributed by atoms with E-state index in [1.54, 1.807) is 28.4 Å². The van der Waals surface area contributed by atoms with Gasteiger partial charge in [0.25, 0.3) is 0 Å². The van der Waals surface area contributed by atoms with Crippen LogP contribution in [0.2, 0.25) is 0 Å². The minimum atomic E-state index is 0. The van der Waals surface area contributed by atoms with E-state index in [1.165, 1.54) is 19.4 Å². The van der Waals surface area contributed by atoms with Crippen molar-refractivity contribution in [3.63, 3.8) is 0 Å². The van der Waals surface area contributed by atoms with Crippen molar-refractivity contribution < 1.29 is 14.2 Å². The second-order valence-corrected chi connectivity index (χ2v) is 6.74. The molecule has 1 unspecified atom stereocenters. The maximum Gasteiger partial charge on any atom is 0.203 e. The molecule has 28 heavy (non-hydrogen) atoms. The zero-order valence-electron chi connectivity index (χ0n) is 17.7. The molecule has 1 atom stereocenters. The van der Waals surface area contributed by atoms with Crippen LogP contribution in [0.5, 0.6) is 17.2 Å². The number of aliphatic imine (C=N–C) groups is 1. The van der Waals surface area contributed by atoms with E-state index in [4.69, 9.17) is 14.2 Å². The summed E-state index contributed by atoms with van der Waals surface area (Å²) in [6, 6.07) is 3.89. The number of ether oxygens (including phenoxy) is 3. The van der Waals surface area contributed by atoms with Crippen LogP contribution in [0.1, 0.15) is 25.3 Å². The molecule has 0 aliphatic carbocycles. The number of methoxy groups -OCH3 is 3. The van der Waals surface area contributed by atoms with Gasteiger partial charge in [-0.25, -0.2) is 0 Å². The molecule has 1 aliphatic rings. The van der Waals surface area contributed by atoms with Gasteiger partial charge in [0.1, 0.15) is 0 Å². The Morgan fingerprint density at radius 1 is 1.14 bits per heavy atom. The second-order valence-electron chi connectivity index (χ2n) is 6.74. The van der Waals surface area contributed by atoms with Gasteiger partial charge in [0.05, 0.1) is 21.3 Å². The van der Waals surface area contributed by atoms with Gasteiger partial charge in [-0.15, -0.1) is 24.0 Å². The lowest BCUT2D eigenvalue weighted by Gasteiger charge is -2.32. The fourth-order valence-electron chi connectivity index (χ4n) is 3.49. The molecule has 160 valence electrons. The molecule has 1 aromatic carbocycles. The summed E-state index contributed by atoms with van der Waals surface area (Å²) in [5, 5.41) is 6.82. The molecular weight excluding hydrogens is 471 g/mol. The Labute approximate surface area is 186 Å². The zero-order chi connectivity index (χ0) is 19.6. The average molecular weight is 506 g/mol. The summed E-state index contributed by atoms with van der Waals surface area (Å²) in [5.74, 6) is 3.37. The smallest absolute Gasteiger partial charge is 0.203 e. The molecule has 2 rings (SSSR count). The molecule has 1 fully saturated rings. The van der Waals surface area contributed by atoms with Crippen LogP contribution in [0.3, 0.4) is 0 Å². The first-order valence-electron chi connectivity index (χ1n) is 9.60. The number of nitrogens with zero attached hydrogens (tertiary/aromatic N) is 2. The molecule has 1 aromatic rings. The van der Waals surface area contributed by atoms with Crippen molar-refractivity contribution in [3.05, 3.63) is 17.7 Å². The number of hydrogen-bond acceptors (Lipinski definition) is 5. The van der Waals surface area contributed by atoms with E-state index >= 15 is 0 Å². The van der Waals surface area contributed by atoms with E-state index in [-0.39, 0.29) is 24.0 Å². The van der Waals surface area contributed by atoms with Gasteiger partial charge in [-0.1, -0.05) is 6.92 Å². The van der Waals surface area contributed by atoms with Gasteiger partial charge in [-0.05, 0) is 49.5 Å². The van der Waals surface area contributed by atoms with E-state index < -0.39 is 0 Å². The van der Waals surface area contributed by atoms with Crippen LogP contribution in [-0.2, 0) is 6.54 Å². The summed E-state index contributed by atoms with van der Waals surface area (Å²) in [6.45, 7) is 7.29. The first-order chi connectivity index (χ1) is 13.1. The third-order valence-corrected chi connectivity index (χ3v) is 5.02. The van der Waals surface area contributed by atoms with Crippen molar-refractivity contribution in [1.29, 1.82) is 0 Å². The van der Waals surface area contributed by atoms with Crippen LogP contribution in [-0.4, -0.2) is 65.4 Å². The van der Waals surface area contributed by atoms with Crippen LogP contribution in [0, 0.1) is 5.92 Å². The summed E-state index contributed by atoms with van der Waals surface area (Å²) in [4.78, 5) is 6.86. The van der Waals surface area contributed by atoms with Crippen LogP contribution in [0.25, 0.3) is 0 Å². The van der Waals surface area contributed by atoms with Crippen molar-refractivity contribution in [2.75, 3.05) is 54.6 Å². The van der Waals surface area contributed by atoms with Crippen molar-refractivity contribution in [2.24, 2.45) is 10.9 Å². The Kier molecular flexibility index (Phi) is 11.4. The number of benzene rings is 1. The Balaban J connectivity index is 0.00000392. The van der Waals surface area contributed by atoms with Gasteiger partial charge in [0, 0.05) is 26.7 Å². The normalized spacial score (nSPS) is 17.5. The van der Waals surface area contributed by atoms with E-state index in [0.29, 0.717) is 29.7 Å². The average Bonchev–Trinajstić information content (AvgIpc) is 2.73. The predicted molar refractivity (Wildman–Crippen MR) is 125 cm³/mol. The maximum atomic E-state index is 5.42. The minimum Gasteiger partial charge on any atom is -0.493 e. The van der Waals surface area contributed by atoms with E-state index in [9.17, 15) is 0 Å². The van der Waals surface area contributed by atoms with Gasteiger partial charge in [-0.2, -0.15) is 0 Å². The first-order valence-corrected chi connectivity index (χ1v) is 9.60. The second kappa shape index (κ2) is 12.9. The molecule has 1 heterocycles. The zero-order valence-corrected chi connectivity index (χ0v) is 20.0. The van der Waals surface area contributed by atoms with Crippen LogP contribution < -0.4 is 24.8 Å². The summed E-state index contributed by atoms with van der Waals surface area (Å²) in [7, 11) is 6.65. The highest BCUT2D eigenvalue weighted by Gasteiger charge is 2.19. The molecule has 0 aromatic heterocycles. The van der Waals surface area contributed by atoms with Gasteiger partial charge in [0.15, 0.2) is 17.5 Å². The lowest BCUT2D eigenvalue weighted by molar-refractivity contribution is 0.183. The third kappa shape index (κ3) is 6.88. The Morgan fingerprint density at radius 3 is 2.36 bits per heavy atom. The highest BCUT2D eigenvalue weighted by Crippen LogP contribution is 2.38. The SMILES string of the molecule is CCN1CCCC(CNC(=NC)NCc2cc(OC)c(OC)c(OC)c2)C1.I.